The molecule has 0 bridgehead atoms. The van der Waals surface area contributed by atoms with Gasteiger partial charge in [-0.1, -0.05) is 12.1 Å². The largest absolute Gasteiger partial charge is 0.497 e. The van der Waals surface area contributed by atoms with E-state index in [0.29, 0.717) is 12.3 Å². The molecule has 0 heterocycles. The van der Waals surface area contributed by atoms with Crippen LogP contribution < -0.4 is 10.1 Å². The topological polar surface area (TPSA) is 99.1 Å². The summed E-state index contributed by atoms with van der Waals surface area (Å²) in [7, 11) is 3.13. The second-order valence-electron chi connectivity index (χ2n) is 4.25. The molecular formula is C13H18N2O5. The van der Waals surface area contributed by atoms with Gasteiger partial charge in [0, 0.05) is 13.6 Å². The Kier molecular flexibility index (Phi) is 5.79. The molecular weight excluding hydrogens is 264 g/mol. The summed E-state index contributed by atoms with van der Waals surface area (Å²) in [5.41, 5.74) is 0.876. The number of carboxylic acid groups (broad SMARTS) is 1. The van der Waals surface area contributed by atoms with E-state index in [-0.39, 0.29) is 6.54 Å². The van der Waals surface area contributed by atoms with Gasteiger partial charge in [0.2, 0.25) is 0 Å². The molecule has 20 heavy (non-hydrogen) atoms. The van der Waals surface area contributed by atoms with Gasteiger partial charge in [-0.25, -0.2) is 9.59 Å². The SMILES string of the molecule is COc1cccc(CN(C)C(=O)NC[C@H](O)C(=O)O)c1. The molecule has 110 valence electrons. The first-order chi connectivity index (χ1) is 9.43. The van der Waals surface area contributed by atoms with Crippen LogP contribution >= 0.6 is 0 Å². The lowest BCUT2D eigenvalue weighted by Crippen LogP contribution is -2.42. The van der Waals surface area contributed by atoms with Crippen LogP contribution in [0.1, 0.15) is 5.56 Å². The Balaban J connectivity index is 2.50. The quantitative estimate of drug-likeness (QED) is 0.696. The van der Waals surface area contributed by atoms with Gasteiger partial charge in [-0.3, -0.25) is 0 Å². The first-order valence-electron chi connectivity index (χ1n) is 5.96. The van der Waals surface area contributed by atoms with Crippen molar-refractivity contribution in [3.05, 3.63) is 29.8 Å². The predicted molar refractivity (Wildman–Crippen MR) is 71.5 cm³/mol. The number of methoxy groups -OCH3 is 1. The predicted octanol–water partition coefficient (Wildman–Crippen LogP) is 0.282. The molecule has 1 aromatic rings. The van der Waals surface area contributed by atoms with E-state index in [4.69, 9.17) is 14.9 Å². The van der Waals surface area contributed by atoms with E-state index in [1.54, 1.807) is 26.3 Å². The van der Waals surface area contributed by atoms with Gasteiger partial charge in [0.1, 0.15) is 5.75 Å². The molecule has 1 rings (SSSR count). The van der Waals surface area contributed by atoms with Gasteiger partial charge in [0.25, 0.3) is 0 Å². The third-order valence-electron chi connectivity index (χ3n) is 2.63. The maximum absolute atomic E-state index is 11.7. The molecule has 0 radical (unpaired) electrons. The van der Waals surface area contributed by atoms with Crippen LogP contribution in [0.5, 0.6) is 5.75 Å². The zero-order chi connectivity index (χ0) is 15.1. The fraction of sp³-hybridized carbons (Fsp3) is 0.385. The molecule has 0 aliphatic heterocycles. The molecule has 0 aliphatic carbocycles. The van der Waals surface area contributed by atoms with Gasteiger partial charge >= 0.3 is 12.0 Å². The highest BCUT2D eigenvalue weighted by Crippen LogP contribution is 2.13. The molecule has 3 N–H and O–H groups in total. The lowest BCUT2D eigenvalue weighted by Gasteiger charge is -2.19. The summed E-state index contributed by atoms with van der Waals surface area (Å²) >= 11 is 0. The van der Waals surface area contributed by atoms with E-state index in [1.807, 2.05) is 12.1 Å². The molecule has 0 fully saturated rings. The van der Waals surface area contributed by atoms with Crippen LogP contribution in [0, 0.1) is 0 Å². The minimum Gasteiger partial charge on any atom is -0.497 e. The number of aliphatic carboxylic acids is 1. The number of urea groups is 1. The van der Waals surface area contributed by atoms with E-state index in [9.17, 15) is 9.59 Å². The number of benzene rings is 1. The number of nitrogens with zero attached hydrogens (tertiary/aromatic N) is 1. The Morgan fingerprint density at radius 1 is 1.45 bits per heavy atom. The van der Waals surface area contributed by atoms with Crippen LogP contribution in [0.25, 0.3) is 0 Å². The molecule has 0 unspecified atom stereocenters. The fourth-order valence-corrected chi connectivity index (χ4v) is 1.52. The maximum Gasteiger partial charge on any atom is 0.334 e. The summed E-state index contributed by atoms with van der Waals surface area (Å²) in [5, 5.41) is 19.9. The number of aliphatic hydroxyl groups excluding tert-OH is 1. The highest BCUT2D eigenvalue weighted by Gasteiger charge is 2.16. The zero-order valence-electron chi connectivity index (χ0n) is 11.4. The van der Waals surface area contributed by atoms with E-state index < -0.39 is 18.1 Å². The molecule has 0 aromatic heterocycles. The average molecular weight is 282 g/mol. The van der Waals surface area contributed by atoms with Crippen molar-refractivity contribution < 1.29 is 24.5 Å². The molecule has 1 atom stereocenters. The molecule has 7 heteroatoms. The molecule has 1 aromatic carbocycles. The van der Waals surface area contributed by atoms with Crippen molar-refractivity contribution in [2.75, 3.05) is 20.7 Å². The molecule has 0 saturated carbocycles. The smallest absolute Gasteiger partial charge is 0.334 e. The van der Waals surface area contributed by atoms with E-state index in [1.165, 1.54) is 4.90 Å². The van der Waals surface area contributed by atoms with Gasteiger partial charge in [0.05, 0.1) is 13.7 Å². The van der Waals surface area contributed by atoms with Crippen LogP contribution in [0.15, 0.2) is 24.3 Å². The number of ether oxygens (including phenoxy) is 1. The second kappa shape index (κ2) is 7.34. The normalized spacial score (nSPS) is 11.6. The number of rotatable bonds is 6. The van der Waals surface area contributed by atoms with E-state index >= 15 is 0 Å². The number of carboxylic acids is 1. The van der Waals surface area contributed by atoms with E-state index in [2.05, 4.69) is 5.32 Å². The number of hydrogen-bond donors (Lipinski definition) is 3. The zero-order valence-corrected chi connectivity index (χ0v) is 11.4. The lowest BCUT2D eigenvalue weighted by molar-refractivity contribution is -0.146. The van der Waals surface area contributed by atoms with Gasteiger partial charge in [0.15, 0.2) is 6.10 Å². The van der Waals surface area contributed by atoms with Crippen LogP contribution in [0.2, 0.25) is 0 Å². The number of carbonyl (C=O) groups is 2. The molecule has 0 saturated heterocycles. The summed E-state index contributed by atoms with van der Waals surface area (Å²) in [4.78, 5) is 23.5. The van der Waals surface area contributed by atoms with Crippen molar-refractivity contribution in [2.45, 2.75) is 12.6 Å². The molecule has 0 aliphatic rings. The number of hydrogen-bond acceptors (Lipinski definition) is 4. The van der Waals surface area contributed by atoms with Crippen molar-refractivity contribution >= 4 is 12.0 Å². The fourth-order valence-electron chi connectivity index (χ4n) is 1.52. The maximum atomic E-state index is 11.7. The van der Waals surface area contributed by atoms with Gasteiger partial charge in [-0.2, -0.15) is 0 Å². The Hall–Kier alpha value is -2.28. The van der Waals surface area contributed by atoms with Crippen molar-refractivity contribution in [1.29, 1.82) is 0 Å². The number of aliphatic hydroxyl groups is 1. The Labute approximate surface area is 116 Å². The van der Waals surface area contributed by atoms with E-state index in [0.717, 1.165) is 5.56 Å². The van der Waals surface area contributed by atoms with Gasteiger partial charge < -0.3 is 25.2 Å². The minimum atomic E-state index is -1.61. The lowest BCUT2D eigenvalue weighted by atomic mass is 10.2. The Morgan fingerprint density at radius 2 is 2.15 bits per heavy atom. The molecule has 7 nitrogen and oxygen atoms in total. The second-order valence-corrected chi connectivity index (χ2v) is 4.25. The van der Waals surface area contributed by atoms with Crippen molar-refractivity contribution in [2.24, 2.45) is 0 Å². The number of carbonyl (C=O) groups excluding carboxylic acids is 1. The minimum absolute atomic E-state index is 0.337. The Bertz CT molecular complexity index is 478. The van der Waals surface area contributed by atoms with Crippen LogP contribution in [-0.2, 0) is 11.3 Å². The van der Waals surface area contributed by atoms with Crippen LogP contribution in [-0.4, -0.2) is 53.9 Å². The van der Waals surface area contributed by atoms with Gasteiger partial charge in [-0.15, -0.1) is 0 Å². The van der Waals surface area contributed by atoms with Crippen molar-refractivity contribution in [3.63, 3.8) is 0 Å². The number of nitrogens with one attached hydrogen (secondary N) is 1. The van der Waals surface area contributed by atoms with Crippen molar-refractivity contribution in [3.8, 4) is 5.75 Å². The van der Waals surface area contributed by atoms with Crippen LogP contribution in [0.4, 0.5) is 4.79 Å². The third-order valence-corrected chi connectivity index (χ3v) is 2.63. The summed E-state index contributed by atoms with van der Waals surface area (Å²) < 4.78 is 5.08. The highest BCUT2D eigenvalue weighted by atomic mass is 16.5. The summed E-state index contributed by atoms with van der Waals surface area (Å²) in [6, 6.07) is 6.79. The highest BCUT2D eigenvalue weighted by molar-refractivity contribution is 5.76. The summed E-state index contributed by atoms with van der Waals surface area (Å²) in [6.45, 7) is 0.00280. The van der Waals surface area contributed by atoms with Crippen LogP contribution in [0.3, 0.4) is 0 Å². The Morgan fingerprint density at radius 3 is 2.75 bits per heavy atom. The molecule has 0 spiro atoms. The average Bonchev–Trinajstić information content (AvgIpc) is 2.44. The molecule has 2 amide bonds. The number of amides is 2. The first-order valence-corrected chi connectivity index (χ1v) is 5.96. The standard InChI is InChI=1S/C13H18N2O5/c1-15(13(19)14-7-11(16)12(17)18)8-9-4-3-5-10(6-9)20-2/h3-6,11,16H,7-8H2,1-2H3,(H,14,19)(H,17,18)/t11-/m0/s1. The van der Waals surface area contributed by atoms with Gasteiger partial charge in [-0.05, 0) is 17.7 Å². The summed E-state index contributed by atoms with van der Waals surface area (Å²) in [6.07, 6.45) is -1.61. The summed E-state index contributed by atoms with van der Waals surface area (Å²) in [5.74, 6) is -0.682. The van der Waals surface area contributed by atoms with Crippen molar-refractivity contribution in [1.82, 2.24) is 10.2 Å². The third kappa shape index (κ3) is 4.77. The first kappa shape index (κ1) is 15.8. The monoisotopic (exact) mass is 282 g/mol.